The van der Waals surface area contributed by atoms with Gasteiger partial charge < -0.3 is 20.3 Å². The topological polar surface area (TPSA) is 74.7 Å². The number of thiazole rings is 1. The standard InChI is InChI=1S/C19H28N6OS.HI/c1-3-20-19(22-8-6-17-23-13-15(2)27-17)24-14-16-5-4-7-21-18(16)25-9-11-26-12-10-25;/h4-5,7,13H,3,6,8-12,14H2,1-2H3,(H2,20,22,24);1H. The number of morpholine rings is 1. The van der Waals surface area contributed by atoms with Crippen molar-refractivity contribution in [3.63, 3.8) is 0 Å². The third-order valence-electron chi connectivity index (χ3n) is 4.23. The molecule has 7 nitrogen and oxygen atoms in total. The molecule has 1 aliphatic rings. The number of rotatable bonds is 7. The maximum atomic E-state index is 5.45. The molecule has 2 aromatic heterocycles. The van der Waals surface area contributed by atoms with E-state index in [4.69, 9.17) is 9.73 Å². The predicted octanol–water partition coefficient (Wildman–Crippen LogP) is 2.60. The smallest absolute Gasteiger partial charge is 0.191 e. The predicted molar refractivity (Wildman–Crippen MR) is 126 cm³/mol. The second-order valence-corrected chi connectivity index (χ2v) is 7.64. The number of pyridine rings is 1. The summed E-state index contributed by atoms with van der Waals surface area (Å²) in [5.41, 5.74) is 1.13. The van der Waals surface area contributed by atoms with E-state index in [2.05, 4.69) is 45.4 Å². The van der Waals surface area contributed by atoms with Crippen LogP contribution in [0.4, 0.5) is 5.82 Å². The fourth-order valence-electron chi connectivity index (χ4n) is 2.92. The molecule has 1 fully saturated rings. The van der Waals surface area contributed by atoms with E-state index in [0.29, 0.717) is 6.54 Å². The third-order valence-corrected chi connectivity index (χ3v) is 5.20. The van der Waals surface area contributed by atoms with Crippen molar-refractivity contribution in [2.75, 3.05) is 44.3 Å². The molecule has 0 atom stereocenters. The van der Waals surface area contributed by atoms with E-state index < -0.39 is 0 Å². The fraction of sp³-hybridized carbons (Fsp3) is 0.526. The average Bonchev–Trinajstić information content (AvgIpc) is 3.12. The van der Waals surface area contributed by atoms with Gasteiger partial charge in [0.1, 0.15) is 5.82 Å². The highest BCUT2D eigenvalue weighted by molar-refractivity contribution is 14.0. The van der Waals surface area contributed by atoms with Crippen LogP contribution in [0.25, 0.3) is 0 Å². The molecule has 9 heteroatoms. The first-order valence-corrected chi connectivity index (χ1v) is 10.3. The number of hydrogen-bond acceptors (Lipinski definition) is 6. The van der Waals surface area contributed by atoms with Crippen LogP contribution in [0.15, 0.2) is 29.5 Å². The van der Waals surface area contributed by atoms with Gasteiger partial charge in [-0.05, 0) is 19.9 Å². The highest BCUT2D eigenvalue weighted by atomic mass is 127. The molecule has 154 valence electrons. The van der Waals surface area contributed by atoms with Crippen LogP contribution in [0.5, 0.6) is 0 Å². The molecule has 0 spiro atoms. The lowest BCUT2D eigenvalue weighted by atomic mass is 10.2. The quantitative estimate of drug-likeness (QED) is 0.335. The first-order valence-electron chi connectivity index (χ1n) is 9.46. The fourth-order valence-corrected chi connectivity index (χ4v) is 3.71. The first kappa shape index (κ1) is 22.8. The third kappa shape index (κ3) is 6.85. The summed E-state index contributed by atoms with van der Waals surface area (Å²) >= 11 is 1.75. The van der Waals surface area contributed by atoms with E-state index >= 15 is 0 Å². The van der Waals surface area contributed by atoms with Gasteiger partial charge in [0.2, 0.25) is 0 Å². The molecule has 0 unspecified atom stereocenters. The van der Waals surface area contributed by atoms with Crippen LogP contribution >= 0.6 is 35.3 Å². The Morgan fingerprint density at radius 3 is 2.82 bits per heavy atom. The maximum Gasteiger partial charge on any atom is 0.191 e. The van der Waals surface area contributed by atoms with Gasteiger partial charge in [0, 0.05) is 55.4 Å². The number of nitrogens with one attached hydrogen (secondary N) is 2. The lowest BCUT2D eigenvalue weighted by molar-refractivity contribution is 0.122. The minimum Gasteiger partial charge on any atom is -0.378 e. The Labute approximate surface area is 188 Å². The molecule has 3 heterocycles. The zero-order valence-electron chi connectivity index (χ0n) is 16.5. The molecule has 0 saturated carbocycles. The van der Waals surface area contributed by atoms with Crippen molar-refractivity contribution in [1.29, 1.82) is 0 Å². The summed E-state index contributed by atoms with van der Waals surface area (Å²) in [6.45, 7) is 9.63. The van der Waals surface area contributed by atoms with E-state index in [1.165, 1.54) is 4.88 Å². The van der Waals surface area contributed by atoms with Gasteiger partial charge in [-0.15, -0.1) is 35.3 Å². The van der Waals surface area contributed by atoms with Crippen molar-refractivity contribution in [3.8, 4) is 0 Å². The number of aromatic nitrogens is 2. The van der Waals surface area contributed by atoms with Crippen LogP contribution in [-0.2, 0) is 17.7 Å². The Bertz CT molecular complexity index is 748. The highest BCUT2D eigenvalue weighted by Crippen LogP contribution is 2.19. The normalized spacial score (nSPS) is 14.5. The lowest BCUT2D eigenvalue weighted by Crippen LogP contribution is -2.38. The molecule has 3 rings (SSSR count). The van der Waals surface area contributed by atoms with Gasteiger partial charge in [-0.1, -0.05) is 6.07 Å². The molecule has 1 aliphatic heterocycles. The van der Waals surface area contributed by atoms with Crippen LogP contribution < -0.4 is 15.5 Å². The first-order chi connectivity index (χ1) is 13.3. The molecular formula is C19H29IN6OS. The number of ether oxygens (including phenoxy) is 1. The van der Waals surface area contributed by atoms with Crippen molar-refractivity contribution in [1.82, 2.24) is 20.6 Å². The van der Waals surface area contributed by atoms with Crippen molar-refractivity contribution in [2.45, 2.75) is 26.8 Å². The summed E-state index contributed by atoms with van der Waals surface area (Å²) < 4.78 is 5.45. The molecule has 2 aromatic rings. The Balaban J connectivity index is 0.00000280. The molecule has 0 bridgehead atoms. The van der Waals surface area contributed by atoms with E-state index in [0.717, 1.165) is 68.2 Å². The van der Waals surface area contributed by atoms with Gasteiger partial charge in [0.25, 0.3) is 0 Å². The Morgan fingerprint density at radius 2 is 2.11 bits per heavy atom. The zero-order chi connectivity index (χ0) is 18.9. The van der Waals surface area contributed by atoms with E-state index in [-0.39, 0.29) is 24.0 Å². The largest absolute Gasteiger partial charge is 0.378 e. The van der Waals surface area contributed by atoms with Crippen LogP contribution in [-0.4, -0.2) is 55.3 Å². The van der Waals surface area contributed by atoms with Gasteiger partial charge in [-0.3, -0.25) is 0 Å². The molecular weight excluding hydrogens is 487 g/mol. The number of halogens is 1. The second kappa shape index (κ2) is 12.2. The summed E-state index contributed by atoms with van der Waals surface area (Å²) in [4.78, 5) is 17.3. The summed E-state index contributed by atoms with van der Waals surface area (Å²) in [6, 6.07) is 4.07. The zero-order valence-corrected chi connectivity index (χ0v) is 19.6. The highest BCUT2D eigenvalue weighted by Gasteiger charge is 2.15. The summed E-state index contributed by atoms with van der Waals surface area (Å²) in [7, 11) is 0. The number of hydrogen-bond donors (Lipinski definition) is 2. The van der Waals surface area contributed by atoms with Crippen molar-refractivity contribution < 1.29 is 4.74 Å². The number of nitrogens with zero attached hydrogens (tertiary/aromatic N) is 4. The molecule has 0 aliphatic carbocycles. The van der Waals surface area contributed by atoms with Crippen molar-refractivity contribution >= 4 is 47.1 Å². The van der Waals surface area contributed by atoms with Gasteiger partial charge in [0.05, 0.1) is 24.8 Å². The molecule has 1 saturated heterocycles. The maximum absolute atomic E-state index is 5.45. The number of aryl methyl sites for hydroxylation is 1. The van der Waals surface area contributed by atoms with Gasteiger partial charge in [-0.25, -0.2) is 15.0 Å². The summed E-state index contributed by atoms with van der Waals surface area (Å²) in [6.07, 6.45) is 4.67. The van der Waals surface area contributed by atoms with E-state index in [1.807, 2.05) is 18.5 Å². The molecule has 0 amide bonds. The number of guanidine groups is 1. The Kier molecular flexibility index (Phi) is 9.93. The van der Waals surface area contributed by atoms with Gasteiger partial charge in [0.15, 0.2) is 5.96 Å². The van der Waals surface area contributed by atoms with Crippen molar-refractivity contribution in [3.05, 3.63) is 40.0 Å². The summed E-state index contributed by atoms with van der Waals surface area (Å²) in [5.74, 6) is 1.83. The molecule has 0 aromatic carbocycles. The van der Waals surface area contributed by atoms with Gasteiger partial charge in [-0.2, -0.15) is 0 Å². The van der Waals surface area contributed by atoms with Crippen LogP contribution in [0.1, 0.15) is 22.4 Å². The lowest BCUT2D eigenvalue weighted by Gasteiger charge is -2.29. The number of aliphatic imine (C=N–C) groups is 1. The second-order valence-electron chi connectivity index (χ2n) is 6.32. The Hall–Kier alpha value is -1.46. The average molecular weight is 516 g/mol. The van der Waals surface area contributed by atoms with Crippen LogP contribution in [0.3, 0.4) is 0 Å². The van der Waals surface area contributed by atoms with Gasteiger partial charge >= 0.3 is 0 Å². The molecule has 28 heavy (non-hydrogen) atoms. The van der Waals surface area contributed by atoms with Crippen LogP contribution in [0, 0.1) is 6.92 Å². The minimum absolute atomic E-state index is 0. The molecule has 0 radical (unpaired) electrons. The minimum atomic E-state index is 0. The SMILES string of the molecule is CCNC(=NCc1cccnc1N1CCOCC1)NCCc1ncc(C)s1.I. The van der Waals surface area contributed by atoms with E-state index in [1.54, 1.807) is 11.3 Å². The van der Waals surface area contributed by atoms with Crippen molar-refractivity contribution in [2.24, 2.45) is 4.99 Å². The monoisotopic (exact) mass is 516 g/mol. The Morgan fingerprint density at radius 1 is 1.29 bits per heavy atom. The molecule has 2 N–H and O–H groups in total. The summed E-state index contributed by atoms with van der Waals surface area (Å²) in [5, 5.41) is 7.86. The number of anilines is 1. The van der Waals surface area contributed by atoms with Crippen LogP contribution in [0.2, 0.25) is 0 Å². The van der Waals surface area contributed by atoms with E-state index in [9.17, 15) is 0 Å².